The highest BCUT2D eigenvalue weighted by Crippen LogP contribution is 2.06. The fraction of sp³-hybridized carbons (Fsp3) is 0.556. The zero-order valence-corrected chi connectivity index (χ0v) is 9.24. The van der Waals surface area contributed by atoms with Gasteiger partial charge in [-0.2, -0.15) is 0 Å². The molecule has 0 amide bonds. The Morgan fingerprint density at radius 1 is 1.38 bits per heavy atom. The third kappa shape index (κ3) is 4.78. The van der Waals surface area contributed by atoms with E-state index in [0.717, 1.165) is 0 Å². The highest BCUT2D eigenvalue weighted by Gasteiger charge is 2.12. The average Bonchev–Trinajstić information content (AvgIpc) is 2.21. The van der Waals surface area contributed by atoms with Crippen LogP contribution in [0.4, 0.5) is 8.78 Å². The van der Waals surface area contributed by atoms with Crippen LogP contribution in [0, 0.1) is 0 Å². The number of aliphatic hydroxyl groups excluding tert-OH is 1. The molecule has 1 rings (SSSR count). The zero-order valence-electron chi connectivity index (χ0n) is 8.48. The van der Waals surface area contributed by atoms with Crippen LogP contribution in [-0.4, -0.2) is 46.1 Å². The minimum atomic E-state index is -2.44. The molecule has 4 nitrogen and oxygen atoms in total. The first-order valence-corrected chi connectivity index (χ1v) is 5.07. The van der Waals surface area contributed by atoms with Gasteiger partial charge in [-0.1, -0.05) is 11.6 Å². The molecule has 1 heterocycles. The fourth-order valence-electron chi connectivity index (χ4n) is 1.22. The minimum Gasteiger partial charge on any atom is -0.395 e. The average molecular weight is 252 g/mol. The van der Waals surface area contributed by atoms with Crippen molar-refractivity contribution in [2.45, 2.75) is 13.0 Å². The van der Waals surface area contributed by atoms with Gasteiger partial charge in [0.05, 0.1) is 31.2 Å². The van der Waals surface area contributed by atoms with E-state index in [2.05, 4.69) is 9.97 Å². The smallest absolute Gasteiger partial charge is 0.251 e. The summed E-state index contributed by atoms with van der Waals surface area (Å²) >= 11 is 5.55. The highest BCUT2D eigenvalue weighted by atomic mass is 35.5. The van der Waals surface area contributed by atoms with Crippen molar-refractivity contribution in [3.05, 3.63) is 23.2 Å². The number of hydrogen-bond donors (Lipinski definition) is 1. The van der Waals surface area contributed by atoms with Crippen molar-refractivity contribution in [2.75, 3.05) is 19.7 Å². The molecule has 0 aliphatic heterocycles. The molecule has 1 N–H and O–H groups in total. The zero-order chi connectivity index (χ0) is 12.0. The molecule has 90 valence electrons. The van der Waals surface area contributed by atoms with Gasteiger partial charge in [0.25, 0.3) is 6.43 Å². The maximum atomic E-state index is 12.2. The monoisotopic (exact) mass is 251 g/mol. The Morgan fingerprint density at radius 2 is 2.12 bits per heavy atom. The predicted octanol–water partition coefficient (Wildman–Crippen LogP) is 1.19. The van der Waals surface area contributed by atoms with Crippen molar-refractivity contribution in [2.24, 2.45) is 0 Å². The van der Waals surface area contributed by atoms with Crippen molar-refractivity contribution in [3.8, 4) is 0 Å². The van der Waals surface area contributed by atoms with Crippen molar-refractivity contribution in [1.29, 1.82) is 0 Å². The molecule has 0 spiro atoms. The predicted molar refractivity (Wildman–Crippen MR) is 55.4 cm³/mol. The van der Waals surface area contributed by atoms with E-state index in [1.54, 1.807) is 0 Å². The Labute approximate surface area is 96.9 Å². The van der Waals surface area contributed by atoms with Gasteiger partial charge in [-0.25, -0.2) is 13.8 Å². The van der Waals surface area contributed by atoms with Crippen molar-refractivity contribution in [1.82, 2.24) is 14.9 Å². The summed E-state index contributed by atoms with van der Waals surface area (Å²) in [6.45, 7) is -0.178. The van der Waals surface area contributed by atoms with Crippen molar-refractivity contribution >= 4 is 11.6 Å². The van der Waals surface area contributed by atoms with Gasteiger partial charge in [0.1, 0.15) is 5.15 Å². The summed E-state index contributed by atoms with van der Waals surface area (Å²) in [5.41, 5.74) is 0.540. The third-order valence-electron chi connectivity index (χ3n) is 1.87. The van der Waals surface area contributed by atoms with E-state index in [1.807, 2.05) is 0 Å². The van der Waals surface area contributed by atoms with Crippen molar-refractivity contribution < 1.29 is 13.9 Å². The molecule has 0 saturated carbocycles. The Kier molecular flexibility index (Phi) is 5.51. The highest BCUT2D eigenvalue weighted by molar-refractivity contribution is 6.29. The second kappa shape index (κ2) is 6.67. The summed E-state index contributed by atoms with van der Waals surface area (Å²) in [6, 6.07) is 0. The lowest BCUT2D eigenvalue weighted by molar-refractivity contribution is 0.0740. The van der Waals surface area contributed by atoms with E-state index in [4.69, 9.17) is 16.7 Å². The van der Waals surface area contributed by atoms with Gasteiger partial charge in [0, 0.05) is 13.1 Å². The molecule has 0 atom stereocenters. The normalized spacial score (nSPS) is 11.4. The first-order valence-electron chi connectivity index (χ1n) is 4.69. The van der Waals surface area contributed by atoms with Crippen molar-refractivity contribution in [3.63, 3.8) is 0 Å². The first kappa shape index (κ1) is 13.2. The molecule has 1 aromatic rings. The van der Waals surface area contributed by atoms with E-state index >= 15 is 0 Å². The molecule has 0 aromatic carbocycles. The fourth-order valence-corrected chi connectivity index (χ4v) is 1.32. The number of halogens is 3. The maximum absolute atomic E-state index is 12.2. The van der Waals surface area contributed by atoms with Gasteiger partial charge < -0.3 is 5.11 Å². The summed E-state index contributed by atoms with van der Waals surface area (Å²) in [5, 5.41) is 8.98. The molecule has 16 heavy (non-hydrogen) atoms. The lowest BCUT2D eigenvalue weighted by Gasteiger charge is -2.19. The summed E-state index contributed by atoms with van der Waals surface area (Å²) in [4.78, 5) is 9.15. The largest absolute Gasteiger partial charge is 0.395 e. The number of aromatic nitrogens is 2. The Bertz CT molecular complexity index is 310. The topological polar surface area (TPSA) is 49.2 Å². The number of alkyl halides is 2. The summed E-state index contributed by atoms with van der Waals surface area (Å²) in [6.07, 6.45) is 0.348. The van der Waals surface area contributed by atoms with Crippen LogP contribution in [0.1, 0.15) is 5.69 Å². The van der Waals surface area contributed by atoms with Gasteiger partial charge >= 0.3 is 0 Å². The molecule has 0 aliphatic rings. The molecule has 0 bridgehead atoms. The quantitative estimate of drug-likeness (QED) is 0.825. The molecule has 0 unspecified atom stereocenters. The van der Waals surface area contributed by atoms with Crippen LogP contribution in [0.15, 0.2) is 12.4 Å². The van der Waals surface area contributed by atoms with Gasteiger partial charge in [-0.05, 0) is 0 Å². The van der Waals surface area contributed by atoms with Gasteiger partial charge in [0.15, 0.2) is 0 Å². The molecule has 0 saturated heterocycles. The lowest BCUT2D eigenvalue weighted by atomic mass is 10.4. The van der Waals surface area contributed by atoms with Crippen LogP contribution in [-0.2, 0) is 6.54 Å². The molecule has 7 heteroatoms. The molecule has 0 radical (unpaired) electrons. The third-order valence-corrected chi connectivity index (χ3v) is 2.07. The van der Waals surface area contributed by atoms with E-state index < -0.39 is 13.0 Å². The van der Waals surface area contributed by atoms with Crippen LogP contribution in [0.25, 0.3) is 0 Å². The van der Waals surface area contributed by atoms with Crippen LogP contribution in [0.3, 0.4) is 0 Å². The molecule has 1 aromatic heterocycles. The molecule has 0 aliphatic carbocycles. The van der Waals surface area contributed by atoms with Crippen LogP contribution in [0.2, 0.25) is 5.15 Å². The van der Waals surface area contributed by atoms with E-state index in [1.165, 1.54) is 17.3 Å². The van der Waals surface area contributed by atoms with E-state index in [9.17, 15) is 8.78 Å². The maximum Gasteiger partial charge on any atom is 0.251 e. The molecule has 0 fully saturated rings. The summed E-state index contributed by atoms with van der Waals surface area (Å²) in [5.74, 6) is 0. The standard InChI is InChI=1S/C9H12ClF2N3O/c10-8-4-13-7(3-14-8)5-15(1-2-16)6-9(11)12/h3-4,9,16H,1-2,5-6H2. The van der Waals surface area contributed by atoms with Gasteiger partial charge in [0.2, 0.25) is 0 Å². The SMILES string of the molecule is OCCN(Cc1cnc(Cl)cn1)CC(F)F. The number of nitrogens with zero attached hydrogens (tertiary/aromatic N) is 3. The number of rotatable bonds is 6. The molecular formula is C9H12ClF2N3O. The first-order chi connectivity index (χ1) is 7.61. The Balaban J connectivity index is 2.56. The van der Waals surface area contributed by atoms with Gasteiger partial charge in [-0.15, -0.1) is 0 Å². The van der Waals surface area contributed by atoms with E-state index in [0.29, 0.717) is 5.69 Å². The number of aliphatic hydroxyl groups is 1. The second-order valence-corrected chi connectivity index (χ2v) is 3.57. The molecular weight excluding hydrogens is 240 g/mol. The van der Waals surface area contributed by atoms with Crippen LogP contribution < -0.4 is 0 Å². The van der Waals surface area contributed by atoms with Crippen LogP contribution >= 0.6 is 11.6 Å². The lowest BCUT2D eigenvalue weighted by Crippen LogP contribution is -2.31. The summed E-state index contributed by atoms with van der Waals surface area (Å²) in [7, 11) is 0. The summed E-state index contributed by atoms with van der Waals surface area (Å²) < 4.78 is 24.4. The Hall–Kier alpha value is -0.850. The second-order valence-electron chi connectivity index (χ2n) is 3.18. The minimum absolute atomic E-state index is 0.173. The number of hydrogen-bond acceptors (Lipinski definition) is 4. The van der Waals surface area contributed by atoms with Crippen LogP contribution in [0.5, 0.6) is 0 Å². The van der Waals surface area contributed by atoms with Gasteiger partial charge in [-0.3, -0.25) is 9.88 Å². The van der Waals surface area contributed by atoms with E-state index in [-0.39, 0.29) is 24.8 Å². The Morgan fingerprint density at radius 3 is 2.62 bits per heavy atom.